The Morgan fingerprint density at radius 3 is 2.70 bits per heavy atom. The van der Waals surface area contributed by atoms with Crippen molar-refractivity contribution in [1.29, 1.82) is 0 Å². The van der Waals surface area contributed by atoms with E-state index in [9.17, 15) is 10.2 Å². The molecule has 0 aliphatic carbocycles. The van der Waals surface area contributed by atoms with Crippen LogP contribution in [0.4, 0.5) is 0 Å². The number of β-amino-alcohol motifs (C(OH)–C–C–N with tert-alkyl or cyclic N) is 1. The van der Waals surface area contributed by atoms with Crippen LogP contribution < -0.4 is 9.47 Å². The van der Waals surface area contributed by atoms with Crippen LogP contribution in [0.2, 0.25) is 0 Å². The lowest BCUT2D eigenvalue weighted by Crippen LogP contribution is -2.51. The highest BCUT2D eigenvalue weighted by Crippen LogP contribution is 2.44. The lowest BCUT2D eigenvalue weighted by molar-refractivity contribution is -0.0588. The fraction of sp³-hybridized carbons (Fsp3) is 0.520. The molecule has 3 atom stereocenters. The molecule has 1 saturated heterocycles. The Balaban J connectivity index is 1.21. The molecule has 5 rings (SSSR count). The number of ether oxygens (including phenoxy) is 2. The Hall–Kier alpha value is -2.08. The molecule has 5 heteroatoms. The molecule has 3 heterocycles. The maximum atomic E-state index is 10.8. The Kier molecular flexibility index (Phi) is 5.00. The second kappa shape index (κ2) is 7.56. The normalized spacial score (nSPS) is 25.9. The van der Waals surface area contributed by atoms with Gasteiger partial charge in [0.05, 0.1) is 12.2 Å². The number of hydrogen-bond acceptors (Lipinski definition) is 5. The third-order valence-corrected chi connectivity index (χ3v) is 6.92. The summed E-state index contributed by atoms with van der Waals surface area (Å²) in [6.45, 7) is 6.44. The summed E-state index contributed by atoms with van der Waals surface area (Å²) in [4.78, 5) is 2.31. The summed E-state index contributed by atoms with van der Waals surface area (Å²) in [6.07, 6.45) is 2.50. The third-order valence-electron chi connectivity index (χ3n) is 6.92. The van der Waals surface area contributed by atoms with E-state index in [0.29, 0.717) is 13.0 Å². The monoisotopic (exact) mass is 409 g/mol. The van der Waals surface area contributed by atoms with Gasteiger partial charge in [0.2, 0.25) is 0 Å². The number of hydrogen-bond donors (Lipinski definition) is 2. The van der Waals surface area contributed by atoms with Crippen LogP contribution in [-0.2, 0) is 6.42 Å². The number of piperidine rings is 1. The Labute approximate surface area is 178 Å². The quantitative estimate of drug-likeness (QED) is 0.809. The van der Waals surface area contributed by atoms with Crippen molar-refractivity contribution in [3.05, 3.63) is 58.7 Å². The van der Waals surface area contributed by atoms with Crippen molar-refractivity contribution in [3.8, 4) is 11.5 Å². The second-order valence-electron chi connectivity index (χ2n) is 9.36. The van der Waals surface area contributed by atoms with E-state index in [1.54, 1.807) is 0 Å². The smallest absolute Gasteiger partial charge is 0.125 e. The van der Waals surface area contributed by atoms with Gasteiger partial charge < -0.3 is 24.6 Å². The summed E-state index contributed by atoms with van der Waals surface area (Å²) in [5.41, 5.74) is 3.90. The van der Waals surface area contributed by atoms with Gasteiger partial charge in [0.25, 0.3) is 0 Å². The molecule has 0 unspecified atom stereocenters. The van der Waals surface area contributed by atoms with Crippen molar-refractivity contribution < 1.29 is 19.7 Å². The largest absolute Gasteiger partial charge is 0.490 e. The summed E-state index contributed by atoms with van der Waals surface area (Å²) in [5, 5.41) is 21.5. The van der Waals surface area contributed by atoms with Gasteiger partial charge in [-0.15, -0.1) is 0 Å². The SMILES string of the molecule is Cc1ccc2c(c1)[C@H](O)CC1(CCN(C[C@H](O)c3ccc4c(c3)C[C@@H](C)O4)CC1)O2. The third kappa shape index (κ3) is 3.70. The minimum Gasteiger partial charge on any atom is -0.490 e. The molecule has 2 aromatic carbocycles. The molecule has 0 bridgehead atoms. The predicted molar refractivity (Wildman–Crippen MR) is 115 cm³/mol. The van der Waals surface area contributed by atoms with E-state index in [2.05, 4.69) is 17.9 Å². The van der Waals surface area contributed by atoms with E-state index in [1.807, 2.05) is 37.3 Å². The number of nitrogens with zero attached hydrogens (tertiary/aromatic N) is 1. The van der Waals surface area contributed by atoms with Crippen LogP contribution in [0.3, 0.4) is 0 Å². The fourth-order valence-electron chi connectivity index (χ4n) is 5.21. The van der Waals surface area contributed by atoms with Crippen LogP contribution in [-0.4, -0.2) is 46.5 Å². The zero-order valence-corrected chi connectivity index (χ0v) is 17.8. The van der Waals surface area contributed by atoms with Gasteiger partial charge in [0.1, 0.15) is 23.2 Å². The van der Waals surface area contributed by atoms with Crippen LogP contribution in [0.25, 0.3) is 0 Å². The van der Waals surface area contributed by atoms with Gasteiger partial charge in [0.15, 0.2) is 0 Å². The highest BCUT2D eigenvalue weighted by atomic mass is 16.5. The molecule has 0 amide bonds. The van der Waals surface area contributed by atoms with Crippen molar-refractivity contribution in [1.82, 2.24) is 4.90 Å². The Morgan fingerprint density at radius 2 is 1.90 bits per heavy atom. The van der Waals surface area contributed by atoms with Crippen molar-refractivity contribution in [2.75, 3.05) is 19.6 Å². The maximum Gasteiger partial charge on any atom is 0.125 e. The van der Waals surface area contributed by atoms with Crippen molar-refractivity contribution >= 4 is 0 Å². The molecular formula is C25H31NO4. The number of aliphatic hydroxyl groups excluding tert-OH is 2. The first-order valence-electron chi connectivity index (χ1n) is 11.1. The van der Waals surface area contributed by atoms with E-state index in [1.165, 1.54) is 5.56 Å². The Bertz CT molecular complexity index is 935. The molecule has 5 nitrogen and oxygen atoms in total. The highest BCUT2D eigenvalue weighted by Gasteiger charge is 2.43. The first kappa shape index (κ1) is 19.9. The average Bonchev–Trinajstić information content (AvgIpc) is 3.10. The van der Waals surface area contributed by atoms with Crippen molar-refractivity contribution in [3.63, 3.8) is 0 Å². The van der Waals surface area contributed by atoms with Gasteiger partial charge in [-0.2, -0.15) is 0 Å². The van der Waals surface area contributed by atoms with Crippen LogP contribution >= 0.6 is 0 Å². The zero-order valence-electron chi connectivity index (χ0n) is 17.8. The lowest BCUT2D eigenvalue weighted by Gasteiger charge is -2.46. The predicted octanol–water partition coefficient (Wildman–Crippen LogP) is 3.70. The lowest BCUT2D eigenvalue weighted by atomic mass is 9.81. The van der Waals surface area contributed by atoms with E-state index < -0.39 is 12.2 Å². The molecular weight excluding hydrogens is 378 g/mol. The first-order chi connectivity index (χ1) is 14.4. The van der Waals surface area contributed by atoms with Crippen molar-refractivity contribution in [2.45, 2.75) is 63.4 Å². The maximum absolute atomic E-state index is 10.8. The molecule has 3 aliphatic heterocycles. The van der Waals surface area contributed by atoms with E-state index >= 15 is 0 Å². The molecule has 0 aromatic heterocycles. The average molecular weight is 410 g/mol. The van der Waals surface area contributed by atoms with Crippen LogP contribution in [0, 0.1) is 6.92 Å². The van der Waals surface area contributed by atoms with Gasteiger partial charge >= 0.3 is 0 Å². The minimum atomic E-state index is -0.512. The Morgan fingerprint density at radius 1 is 1.13 bits per heavy atom. The van der Waals surface area contributed by atoms with E-state index in [0.717, 1.165) is 60.5 Å². The summed E-state index contributed by atoms with van der Waals surface area (Å²) in [5.74, 6) is 1.77. The molecule has 0 saturated carbocycles. The van der Waals surface area contributed by atoms with Gasteiger partial charge in [-0.1, -0.05) is 17.7 Å². The summed E-state index contributed by atoms with van der Waals surface area (Å²) >= 11 is 0. The highest BCUT2D eigenvalue weighted by molar-refractivity contribution is 5.42. The van der Waals surface area contributed by atoms with E-state index in [-0.39, 0.29) is 11.7 Å². The first-order valence-corrected chi connectivity index (χ1v) is 11.1. The molecule has 160 valence electrons. The number of rotatable bonds is 3. The number of aryl methyl sites for hydroxylation is 1. The van der Waals surface area contributed by atoms with Crippen molar-refractivity contribution in [2.24, 2.45) is 0 Å². The standard InChI is InChI=1S/C25H31NO4/c1-16-3-5-24-20(11-16)21(27)14-25(30-24)7-9-26(10-8-25)15-22(28)18-4-6-23-19(13-18)12-17(2)29-23/h3-6,11,13,17,21-22,27-28H,7-10,12,14-15H2,1-2H3/t17-,21-,22+/m1/s1. The van der Waals surface area contributed by atoms with Gasteiger partial charge in [-0.05, 0) is 62.1 Å². The summed E-state index contributed by atoms with van der Waals surface area (Å²) in [6, 6.07) is 12.1. The van der Waals surface area contributed by atoms with Crippen LogP contribution in [0.1, 0.15) is 60.6 Å². The van der Waals surface area contributed by atoms with Gasteiger partial charge in [0, 0.05) is 38.0 Å². The van der Waals surface area contributed by atoms with E-state index in [4.69, 9.17) is 9.47 Å². The van der Waals surface area contributed by atoms with Gasteiger partial charge in [-0.25, -0.2) is 0 Å². The molecule has 3 aliphatic rings. The summed E-state index contributed by atoms with van der Waals surface area (Å²) in [7, 11) is 0. The zero-order chi connectivity index (χ0) is 20.9. The number of benzene rings is 2. The van der Waals surface area contributed by atoms with Crippen LogP contribution in [0.5, 0.6) is 11.5 Å². The molecule has 2 aromatic rings. The second-order valence-corrected chi connectivity index (χ2v) is 9.36. The molecule has 2 N–H and O–H groups in total. The number of fused-ring (bicyclic) bond motifs is 2. The topological polar surface area (TPSA) is 62.2 Å². The van der Waals surface area contributed by atoms with Gasteiger partial charge in [-0.3, -0.25) is 0 Å². The number of aliphatic hydroxyl groups is 2. The summed E-state index contributed by atoms with van der Waals surface area (Å²) < 4.78 is 12.2. The molecule has 0 radical (unpaired) electrons. The minimum absolute atomic E-state index is 0.213. The number of likely N-dealkylation sites (tertiary alicyclic amines) is 1. The molecule has 1 fully saturated rings. The molecule has 1 spiro atoms. The molecule has 30 heavy (non-hydrogen) atoms. The fourth-order valence-corrected chi connectivity index (χ4v) is 5.21. The van der Waals surface area contributed by atoms with Crippen LogP contribution in [0.15, 0.2) is 36.4 Å².